The van der Waals surface area contributed by atoms with Crippen LogP contribution in [0.1, 0.15) is 0 Å². The molecule has 0 N–H and O–H groups in total. The van der Waals surface area contributed by atoms with Gasteiger partial charge in [0.2, 0.25) is 0 Å². The SMILES string of the molecule is c1ccc(-n2c3ccccc3c3cc(-c4cc5c(cc4-c4ccc6oc7ccccc7c6c4)c4ccccc4n5-c4ccccc4)ccc32)cc1. The van der Waals surface area contributed by atoms with Gasteiger partial charge in [-0.15, -0.1) is 0 Å². The number of benzene rings is 8. The van der Waals surface area contributed by atoms with Crippen LogP contribution in [-0.2, 0) is 0 Å². The first kappa shape index (κ1) is 28.0. The molecule has 0 radical (unpaired) electrons. The van der Waals surface area contributed by atoms with Crippen molar-refractivity contribution in [2.45, 2.75) is 0 Å². The van der Waals surface area contributed by atoms with Gasteiger partial charge in [-0.2, -0.15) is 0 Å². The Morgan fingerprint density at radius 2 is 0.765 bits per heavy atom. The van der Waals surface area contributed by atoms with Gasteiger partial charge in [0.1, 0.15) is 11.2 Å². The number of aromatic nitrogens is 2. The molecule has 11 aromatic rings. The minimum atomic E-state index is 0.901. The van der Waals surface area contributed by atoms with E-state index in [9.17, 15) is 0 Å². The van der Waals surface area contributed by atoms with Gasteiger partial charge in [-0.1, -0.05) is 103 Å². The maximum Gasteiger partial charge on any atom is 0.135 e. The smallest absolute Gasteiger partial charge is 0.135 e. The van der Waals surface area contributed by atoms with Crippen molar-refractivity contribution in [3.8, 4) is 33.6 Å². The Balaban J connectivity index is 1.24. The van der Waals surface area contributed by atoms with Crippen LogP contribution in [0.5, 0.6) is 0 Å². The second kappa shape index (κ2) is 10.8. The first-order valence-electron chi connectivity index (χ1n) is 17.4. The second-order valence-electron chi connectivity index (χ2n) is 13.3. The maximum atomic E-state index is 6.26. The Hall–Kier alpha value is -6.84. The number of hydrogen-bond donors (Lipinski definition) is 0. The first-order valence-corrected chi connectivity index (χ1v) is 17.4. The summed E-state index contributed by atoms with van der Waals surface area (Å²) in [5.74, 6) is 0. The summed E-state index contributed by atoms with van der Waals surface area (Å²) in [7, 11) is 0. The monoisotopic (exact) mass is 650 g/mol. The van der Waals surface area contributed by atoms with Crippen molar-refractivity contribution in [2.24, 2.45) is 0 Å². The highest BCUT2D eigenvalue weighted by Crippen LogP contribution is 2.44. The van der Waals surface area contributed by atoms with Gasteiger partial charge in [-0.25, -0.2) is 0 Å². The van der Waals surface area contributed by atoms with E-state index in [0.29, 0.717) is 0 Å². The fourth-order valence-corrected chi connectivity index (χ4v) is 8.24. The summed E-state index contributed by atoms with van der Waals surface area (Å²) in [5, 5.41) is 7.20. The van der Waals surface area contributed by atoms with Crippen molar-refractivity contribution in [3.05, 3.63) is 182 Å². The van der Waals surface area contributed by atoms with Crippen molar-refractivity contribution in [3.63, 3.8) is 0 Å². The highest BCUT2D eigenvalue weighted by Gasteiger charge is 2.20. The molecule has 3 nitrogen and oxygen atoms in total. The number of furan rings is 1. The normalized spacial score (nSPS) is 11.9. The minimum Gasteiger partial charge on any atom is -0.456 e. The molecule has 3 aromatic heterocycles. The summed E-state index contributed by atoms with van der Waals surface area (Å²) in [6.45, 7) is 0. The van der Waals surface area contributed by atoms with Crippen molar-refractivity contribution in [2.75, 3.05) is 0 Å². The minimum absolute atomic E-state index is 0.901. The zero-order valence-electron chi connectivity index (χ0n) is 27.6. The number of rotatable bonds is 4. The number of fused-ring (bicyclic) bond motifs is 9. The fraction of sp³-hybridized carbons (Fsp3) is 0. The van der Waals surface area contributed by atoms with E-state index in [1.165, 1.54) is 60.3 Å². The van der Waals surface area contributed by atoms with E-state index in [-0.39, 0.29) is 0 Å². The highest BCUT2D eigenvalue weighted by atomic mass is 16.3. The average Bonchev–Trinajstić information content (AvgIpc) is 3.85. The van der Waals surface area contributed by atoms with Crippen LogP contribution >= 0.6 is 0 Å². The molecule has 0 aliphatic rings. The van der Waals surface area contributed by atoms with Crippen molar-refractivity contribution in [1.29, 1.82) is 0 Å². The Morgan fingerprint density at radius 3 is 1.45 bits per heavy atom. The van der Waals surface area contributed by atoms with Gasteiger partial charge < -0.3 is 13.6 Å². The largest absolute Gasteiger partial charge is 0.456 e. The van der Waals surface area contributed by atoms with Crippen LogP contribution in [0.25, 0.3) is 99.2 Å². The lowest BCUT2D eigenvalue weighted by atomic mass is 9.91. The van der Waals surface area contributed by atoms with Crippen molar-refractivity contribution >= 4 is 65.6 Å². The van der Waals surface area contributed by atoms with Gasteiger partial charge in [0, 0.05) is 43.7 Å². The fourth-order valence-electron chi connectivity index (χ4n) is 8.24. The van der Waals surface area contributed by atoms with Gasteiger partial charge >= 0.3 is 0 Å². The van der Waals surface area contributed by atoms with E-state index in [1.54, 1.807) is 0 Å². The molecule has 0 saturated heterocycles. The third-order valence-electron chi connectivity index (χ3n) is 10.5. The van der Waals surface area contributed by atoms with E-state index in [4.69, 9.17) is 4.42 Å². The second-order valence-corrected chi connectivity index (χ2v) is 13.3. The van der Waals surface area contributed by atoms with E-state index in [0.717, 1.165) is 38.9 Å². The molecule has 0 saturated carbocycles. The lowest BCUT2D eigenvalue weighted by Crippen LogP contribution is -1.95. The van der Waals surface area contributed by atoms with Crippen LogP contribution in [-0.4, -0.2) is 9.13 Å². The predicted octanol–water partition coefficient (Wildman–Crippen LogP) is 13.1. The predicted molar refractivity (Wildman–Crippen MR) is 213 cm³/mol. The molecule has 11 rings (SSSR count). The van der Waals surface area contributed by atoms with E-state index in [1.807, 2.05) is 12.1 Å². The van der Waals surface area contributed by atoms with Crippen LogP contribution in [0, 0.1) is 0 Å². The molecule has 51 heavy (non-hydrogen) atoms. The Labute approximate surface area is 293 Å². The summed E-state index contributed by atoms with van der Waals surface area (Å²) in [6.07, 6.45) is 0. The Bertz CT molecular complexity index is 3130. The van der Waals surface area contributed by atoms with Crippen LogP contribution in [0.3, 0.4) is 0 Å². The van der Waals surface area contributed by atoms with Crippen LogP contribution in [0.15, 0.2) is 186 Å². The number of hydrogen-bond acceptors (Lipinski definition) is 1. The zero-order valence-corrected chi connectivity index (χ0v) is 27.6. The summed E-state index contributed by atoms with van der Waals surface area (Å²) >= 11 is 0. The molecule has 0 spiro atoms. The Morgan fingerprint density at radius 1 is 0.294 bits per heavy atom. The molecule has 0 aliphatic carbocycles. The summed E-state index contributed by atoms with van der Waals surface area (Å²) in [6, 6.07) is 65.6. The summed E-state index contributed by atoms with van der Waals surface area (Å²) in [5.41, 5.74) is 13.6. The van der Waals surface area contributed by atoms with E-state index < -0.39 is 0 Å². The molecule has 3 heteroatoms. The maximum absolute atomic E-state index is 6.26. The molecular formula is C48H30N2O. The molecule has 0 unspecified atom stereocenters. The summed E-state index contributed by atoms with van der Waals surface area (Å²) in [4.78, 5) is 0. The van der Waals surface area contributed by atoms with Crippen LogP contribution in [0.2, 0.25) is 0 Å². The molecule has 0 bridgehead atoms. The highest BCUT2D eigenvalue weighted by molar-refractivity contribution is 6.15. The average molecular weight is 651 g/mol. The third kappa shape index (κ3) is 4.19. The molecule has 0 atom stereocenters. The van der Waals surface area contributed by atoms with Gasteiger partial charge in [-0.05, 0) is 101 Å². The zero-order chi connectivity index (χ0) is 33.5. The van der Waals surface area contributed by atoms with Crippen molar-refractivity contribution in [1.82, 2.24) is 9.13 Å². The summed E-state index contributed by atoms with van der Waals surface area (Å²) < 4.78 is 11.0. The van der Waals surface area contributed by atoms with Gasteiger partial charge in [-0.3, -0.25) is 0 Å². The van der Waals surface area contributed by atoms with Crippen LogP contribution < -0.4 is 0 Å². The molecular weight excluding hydrogens is 621 g/mol. The standard InChI is InChI=1S/C48H30N2O/c1-3-13-33(14-4-1)49-43-20-10-7-17-35(43)40-27-31(23-25-45(40)49)39-30-46-41(36-18-8-11-21-44(36)50(46)34-15-5-2-6-16-34)29-38(39)32-24-26-48-42(28-32)37-19-9-12-22-47(37)51-48/h1-30H. The molecule has 238 valence electrons. The number of nitrogens with zero attached hydrogens (tertiary/aromatic N) is 2. The lowest BCUT2D eigenvalue weighted by Gasteiger charge is -2.14. The molecule has 0 amide bonds. The van der Waals surface area contributed by atoms with E-state index in [2.05, 4.69) is 179 Å². The first-order chi connectivity index (χ1) is 25.3. The van der Waals surface area contributed by atoms with Gasteiger partial charge in [0.05, 0.1) is 22.1 Å². The Kier molecular flexibility index (Phi) is 5.96. The lowest BCUT2D eigenvalue weighted by molar-refractivity contribution is 0.669. The van der Waals surface area contributed by atoms with Gasteiger partial charge in [0.25, 0.3) is 0 Å². The third-order valence-corrected chi connectivity index (χ3v) is 10.5. The van der Waals surface area contributed by atoms with Gasteiger partial charge in [0.15, 0.2) is 0 Å². The molecule has 0 fully saturated rings. The topological polar surface area (TPSA) is 23.0 Å². The quantitative estimate of drug-likeness (QED) is 0.186. The van der Waals surface area contributed by atoms with Crippen molar-refractivity contribution < 1.29 is 4.42 Å². The molecule has 3 heterocycles. The molecule has 0 aliphatic heterocycles. The van der Waals surface area contributed by atoms with E-state index >= 15 is 0 Å². The number of para-hydroxylation sites is 5. The molecule has 8 aromatic carbocycles. The van der Waals surface area contributed by atoms with Crippen LogP contribution in [0.4, 0.5) is 0 Å².